The highest BCUT2D eigenvalue weighted by Crippen LogP contribution is 2.29. The molecular weight excluding hydrogens is 250 g/mol. The predicted molar refractivity (Wildman–Crippen MR) is 81.2 cm³/mol. The highest BCUT2D eigenvalue weighted by Gasteiger charge is 2.18. The molecule has 0 aliphatic heterocycles. The van der Waals surface area contributed by atoms with Crippen LogP contribution in [0.25, 0.3) is 11.3 Å². The van der Waals surface area contributed by atoms with Crippen molar-refractivity contribution in [3.8, 4) is 11.3 Å². The molecule has 0 aliphatic carbocycles. The Morgan fingerprint density at radius 2 is 1.90 bits per heavy atom. The number of carboxylic acid groups (broad SMARTS) is 1. The second-order valence-corrected chi connectivity index (χ2v) is 5.28. The van der Waals surface area contributed by atoms with Crippen molar-refractivity contribution in [3.63, 3.8) is 0 Å². The Hall–Kier alpha value is -2.03. The van der Waals surface area contributed by atoms with Gasteiger partial charge in [-0.05, 0) is 38.0 Å². The average Bonchev–Trinajstić information content (AvgIpc) is 2.84. The molecule has 106 valence electrons. The number of aromatic carboxylic acids is 1. The van der Waals surface area contributed by atoms with E-state index >= 15 is 0 Å². The molecule has 2 rings (SSSR count). The van der Waals surface area contributed by atoms with E-state index in [-0.39, 0.29) is 6.04 Å². The quantitative estimate of drug-likeness (QED) is 0.876. The van der Waals surface area contributed by atoms with Gasteiger partial charge in [0, 0.05) is 17.3 Å². The molecule has 0 radical (unpaired) electrons. The zero-order valence-electron chi connectivity index (χ0n) is 12.3. The zero-order chi connectivity index (χ0) is 14.7. The molecule has 0 atom stereocenters. The fourth-order valence-corrected chi connectivity index (χ4v) is 2.66. The first-order valence-corrected chi connectivity index (χ1v) is 7.09. The van der Waals surface area contributed by atoms with Gasteiger partial charge in [0.1, 0.15) is 5.69 Å². The molecule has 0 saturated heterocycles. The molecule has 3 nitrogen and oxygen atoms in total. The summed E-state index contributed by atoms with van der Waals surface area (Å²) in [6, 6.07) is 12.0. The summed E-state index contributed by atoms with van der Waals surface area (Å²) in [5.74, 6) is -0.877. The normalized spacial score (nSPS) is 11.0. The molecule has 1 aromatic carbocycles. The summed E-state index contributed by atoms with van der Waals surface area (Å²) in [6.07, 6.45) is 2.08. The number of rotatable bonds is 5. The largest absolute Gasteiger partial charge is 0.477 e. The lowest BCUT2D eigenvalue weighted by atomic mass is 10.0. The van der Waals surface area contributed by atoms with Gasteiger partial charge in [-0.25, -0.2) is 4.79 Å². The maximum atomic E-state index is 11.4. The van der Waals surface area contributed by atoms with Crippen molar-refractivity contribution in [1.29, 1.82) is 0 Å². The van der Waals surface area contributed by atoms with Crippen LogP contribution in [-0.4, -0.2) is 15.6 Å². The van der Waals surface area contributed by atoms with Crippen LogP contribution in [0, 0.1) is 0 Å². The number of benzene rings is 1. The van der Waals surface area contributed by atoms with E-state index in [2.05, 4.69) is 19.1 Å². The van der Waals surface area contributed by atoms with Crippen LogP contribution in [0.4, 0.5) is 0 Å². The van der Waals surface area contributed by atoms with E-state index in [1.54, 1.807) is 6.07 Å². The molecule has 20 heavy (non-hydrogen) atoms. The molecular formula is C17H21NO2. The molecule has 0 fully saturated rings. The Morgan fingerprint density at radius 3 is 2.50 bits per heavy atom. The van der Waals surface area contributed by atoms with Crippen molar-refractivity contribution in [2.45, 2.75) is 39.7 Å². The smallest absolute Gasteiger partial charge is 0.352 e. The Balaban J connectivity index is 2.61. The van der Waals surface area contributed by atoms with Crippen LogP contribution >= 0.6 is 0 Å². The standard InChI is InChI=1S/C17H21NO2/c1-4-7-13-8-5-6-9-14(13)15-10-11-16(17(19)20)18(15)12(2)3/h5-6,8-12H,4,7H2,1-3H3,(H,19,20). The van der Waals surface area contributed by atoms with Gasteiger partial charge in [-0.1, -0.05) is 37.6 Å². The first kappa shape index (κ1) is 14.4. The average molecular weight is 271 g/mol. The lowest BCUT2D eigenvalue weighted by Gasteiger charge is -2.17. The van der Waals surface area contributed by atoms with E-state index in [1.807, 2.05) is 36.6 Å². The summed E-state index contributed by atoms with van der Waals surface area (Å²) < 4.78 is 1.90. The van der Waals surface area contributed by atoms with Gasteiger partial charge >= 0.3 is 5.97 Å². The lowest BCUT2D eigenvalue weighted by Crippen LogP contribution is -2.12. The summed E-state index contributed by atoms with van der Waals surface area (Å²) >= 11 is 0. The molecule has 3 heteroatoms. The van der Waals surface area contributed by atoms with Crippen LogP contribution in [0.2, 0.25) is 0 Å². The summed E-state index contributed by atoms with van der Waals surface area (Å²) in [6.45, 7) is 6.18. The molecule has 0 aliphatic rings. The fraction of sp³-hybridized carbons (Fsp3) is 0.353. The zero-order valence-corrected chi connectivity index (χ0v) is 12.3. The molecule has 0 bridgehead atoms. The topological polar surface area (TPSA) is 42.2 Å². The van der Waals surface area contributed by atoms with Gasteiger partial charge in [-0.3, -0.25) is 0 Å². The first-order chi connectivity index (χ1) is 9.56. The maximum Gasteiger partial charge on any atom is 0.352 e. The van der Waals surface area contributed by atoms with Crippen LogP contribution in [0.15, 0.2) is 36.4 Å². The Labute approximate surface area is 119 Å². The summed E-state index contributed by atoms with van der Waals surface area (Å²) in [5, 5.41) is 9.33. The number of carbonyl (C=O) groups is 1. The predicted octanol–water partition coefficient (Wildman–Crippen LogP) is 4.39. The molecule has 0 unspecified atom stereocenters. The Kier molecular flexibility index (Phi) is 4.28. The van der Waals surface area contributed by atoms with Crippen LogP contribution in [0.1, 0.15) is 49.3 Å². The fourth-order valence-electron chi connectivity index (χ4n) is 2.66. The third kappa shape index (κ3) is 2.62. The number of aryl methyl sites for hydroxylation is 1. The monoisotopic (exact) mass is 271 g/mol. The van der Waals surface area contributed by atoms with Crippen molar-refractivity contribution in [2.75, 3.05) is 0 Å². The number of hydrogen-bond donors (Lipinski definition) is 1. The van der Waals surface area contributed by atoms with E-state index in [4.69, 9.17) is 0 Å². The van der Waals surface area contributed by atoms with E-state index in [9.17, 15) is 9.90 Å². The lowest BCUT2D eigenvalue weighted by molar-refractivity contribution is 0.0683. The van der Waals surface area contributed by atoms with E-state index in [1.165, 1.54) is 5.56 Å². The molecule has 2 aromatic rings. The van der Waals surface area contributed by atoms with Crippen LogP contribution in [0.5, 0.6) is 0 Å². The second-order valence-electron chi connectivity index (χ2n) is 5.28. The second kappa shape index (κ2) is 5.95. The van der Waals surface area contributed by atoms with Crippen LogP contribution < -0.4 is 0 Å². The van der Waals surface area contributed by atoms with Crippen LogP contribution in [-0.2, 0) is 6.42 Å². The minimum atomic E-state index is -0.877. The minimum Gasteiger partial charge on any atom is -0.477 e. The van der Waals surface area contributed by atoms with Gasteiger partial charge in [0.05, 0.1) is 0 Å². The molecule has 0 saturated carbocycles. The van der Waals surface area contributed by atoms with Crippen molar-refractivity contribution in [1.82, 2.24) is 4.57 Å². The van der Waals surface area contributed by atoms with E-state index < -0.39 is 5.97 Å². The van der Waals surface area contributed by atoms with Crippen molar-refractivity contribution in [3.05, 3.63) is 47.7 Å². The summed E-state index contributed by atoms with van der Waals surface area (Å²) in [5.41, 5.74) is 3.74. The van der Waals surface area contributed by atoms with Gasteiger partial charge in [0.15, 0.2) is 0 Å². The van der Waals surface area contributed by atoms with Crippen molar-refractivity contribution >= 4 is 5.97 Å². The van der Waals surface area contributed by atoms with Gasteiger partial charge in [-0.15, -0.1) is 0 Å². The molecule has 1 heterocycles. The highest BCUT2D eigenvalue weighted by atomic mass is 16.4. The molecule has 1 aromatic heterocycles. The van der Waals surface area contributed by atoms with Gasteiger partial charge in [-0.2, -0.15) is 0 Å². The minimum absolute atomic E-state index is 0.112. The van der Waals surface area contributed by atoms with Crippen molar-refractivity contribution in [2.24, 2.45) is 0 Å². The molecule has 0 spiro atoms. The Bertz CT molecular complexity index is 611. The third-order valence-corrected chi connectivity index (χ3v) is 3.47. The van der Waals surface area contributed by atoms with E-state index in [0.29, 0.717) is 5.69 Å². The van der Waals surface area contributed by atoms with Crippen molar-refractivity contribution < 1.29 is 9.90 Å². The van der Waals surface area contributed by atoms with Gasteiger partial charge in [0.2, 0.25) is 0 Å². The van der Waals surface area contributed by atoms with Crippen LogP contribution in [0.3, 0.4) is 0 Å². The number of nitrogens with zero attached hydrogens (tertiary/aromatic N) is 1. The number of hydrogen-bond acceptors (Lipinski definition) is 1. The van der Waals surface area contributed by atoms with E-state index in [0.717, 1.165) is 24.1 Å². The van der Waals surface area contributed by atoms with Gasteiger partial charge in [0.25, 0.3) is 0 Å². The molecule has 1 N–H and O–H groups in total. The molecule has 0 amide bonds. The Morgan fingerprint density at radius 1 is 1.20 bits per heavy atom. The summed E-state index contributed by atoms with van der Waals surface area (Å²) in [7, 11) is 0. The maximum absolute atomic E-state index is 11.4. The first-order valence-electron chi connectivity index (χ1n) is 7.09. The number of carboxylic acids is 1. The number of aromatic nitrogens is 1. The highest BCUT2D eigenvalue weighted by molar-refractivity contribution is 5.87. The SMILES string of the molecule is CCCc1ccccc1-c1ccc(C(=O)O)n1C(C)C. The summed E-state index contributed by atoms with van der Waals surface area (Å²) in [4.78, 5) is 11.4. The third-order valence-electron chi connectivity index (χ3n) is 3.47. The van der Waals surface area contributed by atoms with Gasteiger partial charge < -0.3 is 9.67 Å².